The van der Waals surface area contributed by atoms with Gasteiger partial charge in [-0.2, -0.15) is 11.8 Å². The lowest BCUT2D eigenvalue weighted by Gasteiger charge is -2.27. The van der Waals surface area contributed by atoms with E-state index < -0.39 is 71.0 Å². The van der Waals surface area contributed by atoms with Gasteiger partial charge in [-0.25, -0.2) is 0 Å². The Balaban J connectivity index is 1.57. The van der Waals surface area contributed by atoms with Crippen LogP contribution >= 0.6 is 11.8 Å². The number of rotatable bonds is 15. The number of imide groups is 1. The number of Topliss-reactive ketones (excluding diaryl/α,β-unsaturated/α-hetero) is 1. The van der Waals surface area contributed by atoms with Crippen LogP contribution < -0.4 is 16.4 Å². The highest BCUT2D eigenvalue weighted by atomic mass is 32.2. The molecule has 0 aromatic heterocycles. The lowest BCUT2D eigenvalue weighted by molar-refractivity contribution is -0.147. The molecule has 0 spiro atoms. The van der Waals surface area contributed by atoms with E-state index in [2.05, 4.69) is 10.6 Å². The van der Waals surface area contributed by atoms with Gasteiger partial charge in [0.25, 0.3) is 0 Å². The average Bonchev–Trinajstić information content (AvgIpc) is 3.57. The maximum Gasteiger partial charge on any atom is 0.243 e. The minimum atomic E-state index is -1.06. The standard InChI is InChI=1S/C29H39N5O8S/c1-4-42-16-18-7-9-20(10-8-18)32-27(39)19(13-24(30)36)12-22(35)17(2)31-28(40)21-6-5-11-33(21)26(38)15-34-25(37)14-23(43-3)29(34)41/h7-10,17,19,21,23H,4-6,11-16H2,1-3H3,(H2,30,36)(H,31,40)(H,32,39)/t17-,19-,21?,23?/m0/s1. The Hall–Kier alpha value is -3.78. The van der Waals surface area contributed by atoms with Gasteiger partial charge >= 0.3 is 0 Å². The zero-order valence-electron chi connectivity index (χ0n) is 24.6. The number of amides is 6. The van der Waals surface area contributed by atoms with Gasteiger partial charge in [0, 0.05) is 38.1 Å². The first-order chi connectivity index (χ1) is 20.4. The van der Waals surface area contributed by atoms with Crippen LogP contribution in [0, 0.1) is 5.92 Å². The fourth-order valence-corrected chi connectivity index (χ4v) is 5.66. The van der Waals surface area contributed by atoms with Crippen LogP contribution in [0.1, 0.15) is 51.5 Å². The average molecular weight is 618 g/mol. The number of anilines is 1. The van der Waals surface area contributed by atoms with Crippen LogP contribution in [0.2, 0.25) is 0 Å². The molecule has 2 aliphatic rings. The first-order valence-electron chi connectivity index (χ1n) is 14.2. The molecule has 2 saturated heterocycles. The molecule has 13 nitrogen and oxygen atoms in total. The number of carbonyl (C=O) groups is 7. The maximum absolute atomic E-state index is 13.1. The molecule has 0 aliphatic carbocycles. The second-order valence-corrected chi connectivity index (χ2v) is 11.6. The molecule has 43 heavy (non-hydrogen) atoms. The lowest BCUT2D eigenvalue weighted by Crippen LogP contribution is -2.52. The largest absolute Gasteiger partial charge is 0.377 e. The van der Waals surface area contributed by atoms with E-state index in [-0.39, 0.29) is 25.8 Å². The smallest absolute Gasteiger partial charge is 0.243 e. The van der Waals surface area contributed by atoms with Gasteiger partial charge in [0.15, 0.2) is 5.78 Å². The number of nitrogens with two attached hydrogens (primary N) is 1. The van der Waals surface area contributed by atoms with Crippen LogP contribution in [0.15, 0.2) is 24.3 Å². The van der Waals surface area contributed by atoms with Crippen LogP contribution in [0.3, 0.4) is 0 Å². The molecule has 2 aliphatic heterocycles. The Kier molecular flexibility index (Phi) is 12.2. The summed E-state index contributed by atoms with van der Waals surface area (Å²) in [6.07, 6.45) is 1.93. The van der Waals surface area contributed by atoms with Gasteiger partial charge < -0.3 is 26.0 Å². The number of nitrogens with zero attached hydrogens (tertiary/aromatic N) is 2. The SMILES string of the molecule is CCOCc1ccc(NC(=O)[C@H](CC(N)=O)CC(=O)[C@H](C)NC(=O)C2CCCN2C(=O)CN2C(=O)CC(SC)C2=O)cc1. The Morgan fingerprint density at radius 1 is 1.12 bits per heavy atom. The van der Waals surface area contributed by atoms with E-state index in [1.807, 2.05) is 6.92 Å². The van der Waals surface area contributed by atoms with Gasteiger partial charge in [0.2, 0.25) is 35.4 Å². The van der Waals surface area contributed by atoms with Crippen LogP contribution in [0.25, 0.3) is 0 Å². The van der Waals surface area contributed by atoms with Crippen molar-refractivity contribution in [3.05, 3.63) is 29.8 Å². The fourth-order valence-electron chi connectivity index (χ4n) is 5.03. The van der Waals surface area contributed by atoms with E-state index in [1.54, 1.807) is 30.5 Å². The van der Waals surface area contributed by atoms with Crippen LogP contribution in [0.5, 0.6) is 0 Å². The van der Waals surface area contributed by atoms with Crippen molar-refractivity contribution in [2.24, 2.45) is 11.7 Å². The van der Waals surface area contributed by atoms with Gasteiger partial charge in [-0.1, -0.05) is 12.1 Å². The fraction of sp³-hybridized carbons (Fsp3) is 0.552. The monoisotopic (exact) mass is 617 g/mol. The summed E-state index contributed by atoms with van der Waals surface area (Å²) in [7, 11) is 0. The van der Waals surface area contributed by atoms with Crippen molar-refractivity contribution in [3.8, 4) is 0 Å². The van der Waals surface area contributed by atoms with Crippen LogP contribution in [-0.2, 0) is 44.9 Å². The molecule has 4 atom stereocenters. The summed E-state index contributed by atoms with van der Waals surface area (Å²) in [6.45, 7) is 4.18. The molecular formula is C29H39N5O8S. The predicted molar refractivity (Wildman–Crippen MR) is 158 cm³/mol. The topological polar surface area (TPSA) is 185 Å². The second-order valence-electron chi connectivity index (χ2n) is 10.6. The van der Waals surface area contributed by atoms with Crippen molar-refractivity contribution in [1.82, 2.24) is 15.1 Å². The summed E-state index contributed by atoms with van der Waals surface area (Å²) in [4.78, 5) is 90.7. The summed E-state index contributed by atoms with van der Waals surface area (Å²) in [6, 6.07) is 5.05. The minimum Gasteiger partial charge on any atom is -0.377 e. The highest BCUT2D eigenvalue weighted by Crippen LogP contribution is 2.25. The number of ketones is 1. The van der Waals surface area contributed by atoms with Crippen molar-refractivity contribution in [1.29, 1.82) is 0 Å². The molecule has 2 unspecified atom stereocenters. The van der Waals surface area contributed by atoms with E-state index >= 15 is 0 Å². The Morgan fingerprint density at radius 2 is 1.81 bits per heavy atom. The van der Waals surface area contributed by atoms with Crippen molar-refractivity contribution >= 4 is 58.7 Å². The molecule has 4 N–H and O–H groups in total. The number of primary amides is 1. The van der Waals surface area contributed by atoms with Crippen molar-refractivity contribution in [2.45, 2.75) is 69.9 Å². The molecule has 1 aromatic rings. The molecule has 1 aromatic carbocycles. The molecule has 0 bridgehead atoms. The summed E-state index contributed by atoms with van der Waals surface area (Å²) in [5, 5.41) is 4.79. The predicted octanol–water partition coefficient (Wildman–Crippen LogP) is 0.599. The summed E-state index contributed by atoms with van der Waals surface area (Å²) >= 11 is 1.25. The number of likely N-dealkylation sites (tertiary alicyclic amines) is 2. The molecule has 14 heteroatoms. The number of hydrogen-bond donors (Lipinski definition) is 3. The molecule has 0 saturated carbocycles. The highest BCUT2D eigenvalue weighted by molar-refractivity contribution is 8.00. The first kappa shape index (κ1) is 33.7. The van der Waals surface area contributed by atoms with Crippen molar-refractivity contribution in [3.63, 3.8) is 0 Å². The normalized spacial score (nSPS) is 19.7. The third kappa shape index (κ3) is 9.10. The van der Waals surface area contributed by atoms with Gasteiger partial charge in [-0.15, -0.1) is 0 Å². The molecular weight excluding hydrogens is 578 g/mol. The van der Waals surface area contributed by atoms with E-state index in [0.29, 0.717) is 31.7 Å². The summed E-state index contributed by atoms with van der Waals surface area (Å²) in [5.41, 5.74) is 6.73. The Morgan fingerprint density at radius 3 is 2.42 bits per heavy atom. The second kappa shape index (κ2) is 15.6. The first-order valence-corrected chi connectivity index (χ1v) is 15.5. The number of thioether (sulfide) groups is 1. The van der Waals surface area contributed by atoms with E-state index in [1.165, 1.54) is 23.6 Å². The minimum absolute atomic E-state index is 0.0341. The van der Waals surface area contributed by atoms with Gasteiger partial charge in [-0.3, -0.25) is 38.5 Å². The maximum atomic E-state index is 13.1. The molecule has 6 amide bonds. The van der Waals surface area contributed by atoms with Gasteiger partial charge in [0.1, 0.15) is 12.6 Å². The quantitative estimate of drug-likeness (QED) is 0.237. The molecule has 234 valence electrons. The third-order valence-electron chi connectivity index (χ3n) is 7.46. The lowest BCUT2D eigenvalue weighted by atomic mass is 9.94. The van der Waals surface area contributed by atoms with Crippen molar-refractivity contribution < 1.29 is 38.3 Å². The van der Waals surface area contributed by atoms with E-state index in [9.17, 15) is 33.6 Å². The van der Waals surface area contributed by atoms with Crippen LogP contribution in [-0.4, -0.2) is 94.3 Å². The zero-order chi connectivity index (χ0) is 31.7. The van der Waals surface area contributed by atoms with E-state index in [0.717, 1.165) is 10.5 Å². The van der Waals surface area contributed by atoms with E-state index in [4.69, 9.17) is 10.5 Å². The number of hydrogen-bond acceptors (Lipinski definition) is 9. The number of ether oxygens (including phenoxy) is 1. The van der Waals surface area contributed by atoms with Gasteiger partial charge in [0.05, 0.1) is 23.8 Å². The summed E-state index contributed by atoms with van der Waals surface area (Å²) < 4.78 is 5.36. The number of nitrogens with one attached hydrogen (secondary N) is 2. The number of benzene rings is 1. The molecule has 2 fully saturated rings. The Labute approximate surface area is 254 Å². The van der Waals surface area contributed by atoms with Crippen LogP contribution in [0.4, 0.5) is 5.69 Å². The Bertz CT molecular complexity index is 1240. The van der Waals surface area contributed by atoms with Gasteiger partial charge in [-0.05, 0) is 50.6 Å². The third-order valence-corrected chi connectivity index (χ3v) is 8.40. The molecule has 0 radical (unpaired) electrons. The highest BCUT2D eigenvalue weighted by Gasteiger charge is 2.42. The van der Waals surface area contributed by atoms with Crippen molar-refractivity contribution in [2.75, 3.05) is 31.3 Å². The molecule has 2 heterocycles. The zero-order valence-corrected chi connectivity index (χ0v) is 25.4. The number of carbonyl (C=O) groups excluding carboxylic acids is 7. The molecule has 3 rings (SSSR count). The summed E-state index contributed by atoms with van der Waals surface area (Å²) in [5.74, 6) is -4.79.